The molecule has 6 heteroatoms. The van der Waals surface area contributed by atoms with Crippen LogP contribution in [0.1, 0.15) is 30.8 Å². The monoisotopic (exact) mass is 354 g/mol. The third-order valence-corrected chi connectivity index (χ3v) is 4.14. The first kappa shape index (κ1) is 17.6. The Labute approximate surface area is 144 Å². The van der Waals surface area contributed by atoms with Gasteiger partial charge in [0.1, 0.15) is 5.58 Å². The molecule has 0 fully saturated rings. The van der Waals surface area contributed by atoms with Gasteiger partial charge < -0.3 is 9.15 Å². The SMILES string of the molecule is C/C=C\C(C)CCOC(=O)C(=O)c1cc2c(Cl)c(Cl)ccc2o1. The lowest BCUT2D eigenvalue weighted by atomic mass is 10.1. The van der Waals surface area contributed by atoms with Crippen molar-refractivity contribution < 1.29 is 18.7 Å². The average molecular weight is 355 g/mol. The number of ketones is 1. The highest BCUT2D eigenvalue weighted by Gasteiger charge is 2.23. The number of furan rings is 1. The maximum Gasteiger partial charge on any atom is 0.383 e. The molecule has 2 rings (SSSR count). The quantitative estimate of drug-likeness (QED) is 0.314. The standard InChI is InChI=1S/C17H16Cl2O4/c1-3-4-10(2)7-8-22-17(21)16(20)14-9-11-13(23-14)6-5-12(18)15(11)19/h3-6,9-10H,7-8H2,1-2H3/b4-3-. The Morgan fingerprint density at radius 2 is 2.09 bits per heavy atom. The van der Waals surface area contributed by atoms with Crippen LogP contribution in [0.5, 0.6) is 0 Å². The molecule has 0 aliphatic heterocycles. The number of Topliss-reactive ketones (excluding diaryl/α,β-unsaturated/α-hetero) is 1. The number of halogens is 2. The summed E-state index contributed by atoms with van der Waals surface area (Å²) in [6.45, 7) is 4.09. The largest absolute Gasteiger partial charge is 0.460 e. The third kappa shape index (κ3) is 4.15. The van der Waals surface area contributed by atoms with E-state index in [0.29, 0.717) is 22.4 Å². The minimum Gasteiger partial charge on any atom is -0.460 e. The van der Waals surface area contributed by atoms with Crippen LogP contribution in [0.2, 0.25) is 10.0 Å². The zero-order valence-electron chi connectivity index (χ0n) is 12.8. The van der Waals surface area contributed by atoms with Crippen LogP contribution >= 0.6 is 23.2 Å². The van der Waals surface area contributed by atoms with Crippen molar-refractivity contribution in [2.45, 2.75) is 20.3 Å². The summed E-state index contributed by atoms with van der Waals surface area (Å²) in [5.74, 6) is -1.63. The Kier molecular flexibility index (Phi) is 5.85. The zero-order chi connectivity index (χ0) is 17.0. The topological polar surface area (TPSA) is 56.5 Å². The van der Waals surface area contributed by atoms with Crippen molar-refractivity contribution in [2.75, 3.05) is 6.61 Å². The lowest BCUT2D eigenvalue weighted by Gasteiger charge is -2.06. The lowest BCUT2D eigenvalue weighted by Crippen LogP contribution is -2.18. The van der Waals surface area contributed by atoms with E-state index in [1.165, 1.54) is 6.07 Å². The highest BCUT2D eigenvalue weighted by Crippen LogP contribution is 2.32. The number of hydrogen-bond donors (Lipinski definition) is 0. The number of ether oxygens (including phenoxy) is 1. The first-order valence-electron chi connectivity index (χ1n) is 7.15. The van der Waals surface area contributed by atoms with Crippen molar-refractivity contribution in [1.82, 2.24) is 0 Å². The van der Waals surface area contributed by atoms with E-state index in [9.17, 15) is 9.59 Å². The molecular formula is C17H16Cl2O4. The summed E-state index contributed by atoms with van der Waals surface area (Å²) in [5, 5.41) is 1.11. The molecule has 23 heavy (non-hydrogen) atoms. The Morgan fingerprint density at radius 1 is 1.35 bits per heavy atom. The summed E-state index contributed by atoms with van der Waals surface area (Å²) >= 11 is 12.0. The molecule has 0 amide bonds. The van der Waals surface area contributed by atoms with Crippen molar-refractivity contribution in [2.24, 2.45) is 5.92 Å². The van der Waals surface area contributed by atoms with Gasteiger partial charge in [-0.1, -0.05) is 42.3 Å². The van der Waals surface area contributed by atoms with Crippen molar-refractivity contribution in [3.63, 3.8) is 0 Å². The summed E-state index contributed by atoms with van der Waals surface area (Å²) in [6, 6.07) is 4.55. The van der Waals surface area contributed by atoms with Gasteiger partial charge in [-0.15, -0.1) is 0 Å². The van der Waals surface area contributed by atoms with Crippen LogP contribution in [0.25, 0.3) is 11.0 Å². The van der Waals surface area contributed by atoms with Crippen LogP contribution < -0.4 is 0 Å². The van der Waals surface area contributed by atoms with Crippen LogP contribution in [-0.4, -0.2) is 18.4 Å². The molecule has 4 nitrogen and oxygen atoms in total. The molecule has 0 N–H and O–H groups in total. The predicted molar refractivity (Wildman–Crippen MR) is 90.1 cm³/mol. The maximum atomic E-state index is 12.1. The fourth-order valence-corrected chi connectivity index (χ4v) is 2.47. The van der Waals surface area contributed by atoms with Crippen molar-refractivity contribution >= 4 is 45.9 Å². The second kappa shape index (κ2) is 7.66. The first-order valence-corrected chi connectivity index (χ1v) is 7.91. The second-order valence-corrected chi connectivity index (χ2v) is 5.93. The molecule has 1 heterocycles. The van der Waals surface area contributed by atoms with Crippen LogP contribution in [0, 0.1) is 5.92 Å². The van der Waals surface area contributed by atoms with E-state index in [0.717, 1.165) is 0 Å². The molecule has 0 spiro atoms. The number of benzene rings is 1. The van der Waals surface area contributed by atoms with Crippen LogP contribution in [0.3, 0.4) is 0 Å². The number of esters is 1. The highest BCUT2D eigenvalue weighted by atomic mass is 35.5. The zero-order valence-corrected chi connectivity index (χ0v) is 14.3. The van der Waals surface area contributed by atoms with Gasteiger partial charge in [-0.25, -0.2) is 4.79 Å². The lowest BCUT2D eigenvalue weighted by molar-refractivity contribution is -0.138. The average Bonchev–Trinajstić information content (AvgIpc) is 2.95. The summed E-state index contributed by atoms with van der Waals surface area (Å²) in [4.78, 5) is 23.9. The molecule has 1 aromatic heterocycles. The van der Waals surface area contributed by atoms with E-state index in [2.05, 4.69) is 0 Å². The molecule has 0 bridgehead atoms. The fraction of sp³-hybridized carbons (Fsp3) is 0.294. The van der Waals surface area contributed by atoms with E-state index >= 15 is 0 Å². The van der Waals surface area contributed by atoms with Gasteiger partial charge in [0, 0.05) is 5.39 Å². The smallest absolute Gasteiger partial charge is 0.383 e. The molecule has 0 saturated carbocycles. The van der Waals surface area contributed by atoms with Gasteiger partial charge in [-0.3, -0.25) is 4.79 Å². The number of hydrogen-bond acceptors (Lipinski definition) is 4. The van der Waals surface area contributed by atoms with E-state index in [1.807, 2.05) is 26.0 Å². The van der Waals surface area contributed by atoms with Crippen LogP contribution in [0.15, 0.2) is 34.8 Å². The van der Waals surface area contributed by atoms with Gasteiger partial charge in [-0.2, -0.15) is 0 Å². The predicted octanol–water partition coefficient (Wildman–Crippen LogP) is 5.07. The van der Waals surface area contributed by atoms with E-state index in [1.54, 1.807) is 12.1 Å². The third-order valence-electron chi connectivity index (χ3n) is 3.32. The molecule has 1 unspecified atom stereocenters. The molecule has 122 valence electrons. The molecule has 1 atom stereocenters. The van der Waals surface area contributed by atoms with Gasteiger partial charge in [-0.05, 0) is 37.5 Å². The molecule has 1 aromatic carbocycles. The number of carbonyl (C=O) groups excluding carboxylic acids is 2. The van der Waals surface area contributed by atoms with Gasteiger partial charge in [0.15, 0.2) is 5.76 Å². The summed E-state index contributed by atoms with van der Waals surface area (Å²) in [5.41, 5.74) is 0.386. The fourth-order valence-electron chi connectivity index (χ4n) is 2.09. The van der Waals surface area contributed by atoms with Gasteiger partial charge in [0.25, 0.3) is 0 Å². The minimum atomic E-state index is -0.945. The summed E-state index contributed by atoms with van der Waals surface area (Å²) in [6.07, 6.45) is 4.58. The Hall–Kier alpha value is -1.78. The number of allylic oxidation sites excluding steroid dienone is 2. The summed E-state index contributed by atoms with van der Waals surface area (Å²) < 4.78 is 10.3. The van der Waals surface area contributed by atoms with Crippen LogP contribution in [0.4, 0.5) is 0 Å². The van der Waals surface area contributed by atoms with Gasteiger partial charge in [0.2, 0.25) is 0 Å². The Bertz CT molecular complexity index is 761. The number of fused-ring (bicyclic) bond motifs is 1. The minimum absolute atomic E-state index is 0.115. The number of rotatable bonds is 6. The van der Waals surface area contributed by atoms with E-state index in [-0.39, 0.29) is 23.3 Å². The highest BCUT2D eigenvalue weighted by molar-refractivity contribution is 6.45. The van der Waals surface area contributed by atoms with Gasteiger partial charge in [0.05, 0.1) is 16.7 Å². The van der Waals surface area contributed by atoms with Crippen molar-refractivity contribution in [1.29, 1.82) is 0 Å². The first-order chi connectivity index (χ1) is 10.9. The molecule has 0 aliphatic carbocycles. The number of carbonyl (C=O) groups is 2. The molecule has 0 radical (unpaired) electrons. The molecule has 0 saturated heterocycles. The maximum absolute atomic E-state index is 12.1. The second-order valence-electron chi connectivity index (χ2n) is 5.14. The van der Waals surface area contributed by atoms with E-state index < -0.39 is 11.8 Å². The Balaban J connectivity index is 2.05. The van der Waals surface area contributed by atoms with Crippen molar-refractivity contribution in [3.05, 3.63) is 46.2 Å². The van der Waals surface area contributed by atoms with E-state index in [4.69, 9.17) is 32.4 Å². The van der Waals surface area contributed by atoms with Crippen LogP contribution in [-0.2, 0) is 9.53 Å². The molecule has 2 aromatic rings. The van der Waals surface area contributed by atoms with Crippen molar-refractivity contribution in [3.8, 4) is 0 Å². The summed E-state index contributed by atoms with van der Waals surface area (Å²) in [7, 11) is 0. The molecular weight excluding hydrogens is 339 g/mol. The normalized spacial score (nSPS) is 12.7. The van der Waals surface area contributed by atoms with Gasteiger partial charge >= 0.3 is 11.8 Å². The Morgan fingerprint density at radius 3 is 2.78 bits per heavy atom. The molecule has 0 aliphatic rings.